The van der Waals surface area contributed by atoms with Gasteiger partial charge in [0, 0.05) is 17.8 Å². The van der Waals surface area contributed by atoms with Gasteiger partial charge in [-0.1, -0.05) is 12.8 Å². The zero-order valence-electron chi connectivity index (χ0n) is 12.7. The molecule has 1 heterocycles. The molecule has 1 aromatic heterocycles. The van der Waals surface area contributed by atoms with Gasteiger partial charge in [0.1, 0.15) is 5.82 Å². The number of aromatic carboxylic acids is 1. The summed E-state index contributed by atoms with van der Waals surface area (Å²) in [6, 6.07) is 4.65. The molecule has 5 N–H and O–H groups in total. The van der Waals surface area contributed by atoms with Crippen LogP contribution in [0, 0.1) is 5.92 Å². The number of hydrogen-bond acceptors (Lipinski definition) is 6. The molecule has 0 spiro atoms. The Morgan fingerprint density at radius 3 is 2.83 bits per heavy atom. The number of carboxylic acids is 1. The Kier molecular flexibility index (Phi) is 4.29. The van der Waals surface area contributed by atoms with Crippen molar-refractivity contribution in [2.45, 2.75) is 31.8 Å². The molecule has 122 valence electrons. The summed E-state index contributed by atoms with van der Waals surface area (Å²) >= 11 is 0. The van der Waals surface area contributed by atoms with Gasteiger partial charge in [-0.3, -0.25) is 0 Å². The molecule has 1 aromatic carbocycles. The molecule has 0 saturated heterocycles. The van der Waals surface area contributed by atoms with Gasteiger partial charge in [-0.25, -0.2) is 9.78 Å². The van der Waals surface area contributed by atoms with Crippen molar-refractivity contribution < 1.29 is 15.0 Å². The van der Waals surface area contributed by atoms with Crippen molar-refractivity contribution in [2.24, 2.45) is 5.92 Å². The number of carboxylic acid groups (broad SMARTS) is 1. The Morgan fingerprint density at radius 2 is 2.09 bits per heavy atom. The van der Waals surface area contributed by atoms with E-state index in [0.717, 1.165) is 25.7 Å². The maximum Gasteiger partial charge on any atom is 0.335 e. The summed E-state index contributed by atoms with van der Waals surface area (Å²) in [5.41, 5.74) is 6.50. The molecule has 1 saturated carbocycles. The Bertz CT molecular complexity index is 735. The van der Waals surface area contributed by atoms with E-state index in [1.54, 1.807) is 6.07 Å². The second-order valence-electron chi connectivity index (χ2n) is 5.96. The molecule has 0 radical (unpaired) electrons. The van der Waals surface area contributed by atoms with Crippen molar-refractivity contribution >= 4 is 28.6 Å². The fraction of sp³-hybridized carbons (Fsp3) is 0.438. The first kappa shape index (κ1) is 15.5. The number of hydrogen-bond donors (Lipinski definition) is 4. The standard InChI is InChI=1S/C16H20N4O3/c17-16-19-12-6-5-9(15(22)23)7-11(12)14(20-16)18-8-10-3-1-2-4-13(10)21/h5-7,10,13,21H,1-4,8H2,(H,22,23)(H3,17,18,19,20)/t10-,13-/m1/s1. The van der Waals surface area contributed by atoms with Crippen LogP contribution in [0.25, 0.3) is 10.9 Å². The molecule has 0 bridgehead atoms. The Hall–Kier alpha value is -2.41. The van der Waals surface area contributed by atoms with Crippen LogP contribution in [0.1, 0.15) is 36.0 Å². The zero-order valence-corrected chi connectivity index (χ0v) is 12.7. The minimum Gasteiger partial charge on any atom is -0.478 e. The monoisotopic (exact) mass is 316 g/mol. The predicted octanol–water partition coefficient (Wildman–Crippen LogP) is 1.87. The summed E-state index contributed by atoms with van der Waals surface area (Å²) in [6.45, 7) is 0.573. The van der Waals surface area contributed by atoms with E-state index in [0.29, 0.717) is 23.3 Å². The number of anilines is 2. The van der Waals surface area contributed by atoms with Crippen molar-refractivity contribution in [2.75, 3.05) is 17.6 Å². The van der Waals surface area contributed by atoms with E-state index < -0.39 is 5.97 Å². The third-order valence-electron chi connectivity index (χ3n) is 4.36. The molecule has 2 atom stereocenters. The number of fused-ring (bicyclic) bond motifs is 1. The molecule has 1 fully saturated rings. The van der Waals surface area contributed by atoms with E-state index in [1.165, 1.54) is 12.1 Å². The number of nitrogens with zero attached hydrogens (tertiary/aromatic N) is 2. The lowest BCUT2D eigenvalue weighted by Gasteiger charge is -2.28. The third-order valence-corrected chi connectivity index (χ3v) is 4.36. The topological polar surface area (TPSA) is 121 Å². The van der Waals surface area contributed by atoms with E-state index in [4.69, 9.17) is 10.8 Å². The minimum absolute atomic E-state index is 0.132. The molecule has 3 rings (SSSR count). The molecule has 1 aliphatic rings. The summed E-state index contributed by atoms with van der Waals surface area (Å²) in [4.78, 5) is 19.5. The van der Waals surface area contributed by atoms with E-state index in [-0.39, 0.29) is 23.5 Å². The van der Waals surface area contributed by atoms with Gasteiger partial charge < -0.3 is 21.3 Å². The summed E-state index contributed by atoms with van der Waals surface area (Å²) < 4.78 is 0. The summed E-state index contributed by atoms with van der Waals surface area (Å²) in [7, 11) is 0. The number of aliphatic hydroxyl groups is 1. The van der Waals surface area contributed by atoms with Gasteiger partial charge in [0.15, 0.2) is 0 Å². The molecular weight excluding hydrogens is 296 g/mol. The van der Waals surface area contributed by atoms with Crippen LogP contribution in [0.15, 0.2) is 18.2 Å². The van der Waals surface area contributed by atoms with Gasteiger partial charge in [0.05, 0.1) is 17.2 Å². The molecule has 0 amide bonds. The van der Waals surface area contributed by atoms with Crippen LogP contribution < -0.4 is 11.1 Å². The largest absolute Gasteiger partial charge is 0.478 e. The smallest absolute Gasteiger partial charge is 0.335 e. The predicted molar refractivity (Wildman–Crippen MR) is 87.4 cm³/mol. The summed E-state index contributed by atoms with van der Waals surface area (Å²) in [5, 5.41) is 23.0. The van der Waals surface area contributed by atoms with Gasteiger partial charge >= 0.3 is 5.97 Å². The average molecular weight is 316 g/mol. The van der Waals surface area contributed by atoms with Crippen LogP contribution in [0.5, 0.6) is 0 Å². The molecule has 0 aliphatic heterocycles. The van der Waals surface area contributed by atoms with Gasteiger partial charge in [0.25, 0.3) is 0 Å². The molecular formula is C16H20N4O3. The number of aromatic nitrogens is 2. The van der Waals surface area contributed by atoms with E-state index in [2.05, 4.69) is 15.3 Å². The van der Waals surface area contributed by atoms with E-state index in [9.17, 15) is 9.90 Å². The number of nitrogen functional groups attached to an aromatic ring is 1. The summed E-state index contributed by atoms with van der Waals surface area (Å²) in [5.74, 6) is -0.198. The van der Waals surface area contributed by atoms with Crippen molar-refractivity contribution in [1.82, 2.24) is 9.97 Å². The normalized spacial score (nSPS) is 21.3. The van der Waals surface area contributed by atoms with Crippen LogP contribution in [-0.4, -0.2) is 38.8 Å². The number of nitrogens with two attached hydrogens (primary N) is 1. The fourth-order valence-electron chi connectivity index (χ4n) is 3.07. The number of aliphatic hydroxyl groups excluding tert-OH is 1. The number of benzene rings is 1. The number of rotatable bonds is 4. The SMILES string of the molecule is Nc1nc(NC[C@H]2CCCC[C@H]2O)c2cc(C(=O)O)ccc2n1. The number of nitrogens with one attached hydrogen (secondary N) is 1. The minimum atomic E-state index is -1.00. The Balaban J connectivity index is 1.89. The van der Waals surface area contributed by atoms with Gasteiger partial charge in [-0.05, 0) is 31.0 Å². The first-order valence-electron chi connectivity index (χ1n) is 7.77. The third kappa shape index (κ3) is 3.34. The van der Waals surface area contributed by atoms with Gasteiger partial charge in [0.2, 0.25) is 5.95 Å². The molecule has 7 heteroatoms. The first-order valence-corrected chi connectivity index (χ1v) is 7.77. The Labute approximate surface area is 133 Å². The van der Waals surface area contributed by atoms with Crippen molar-refractivity contribution in [3.05, 3.63) is 23.8 Å². The van der Waals surface area contributed by atoms with Crippen LogP contribution >= 0.6 is 0 Å². The maximum absolute atomic E-state index is 11.2. The fourth-order valence-corrected chi connectivity index (χ4v) is 3.07. The molecule has 1 aliphatic carbocycles. The van der Waals surface area contributed by atoms with Crippen molar-refractivity contribution in [3.63, 3.8) is 0 Å². The number of carbonyl (C=O) groups is 1. The average Bonchev–Trinajstić information content (AvgIpc) is 2.53. The molecule has 7 nitrogen and oxygen atoms in total. The van der Waals surface area contributed by atoms with Crippen LogP contribution in [-0.2, 0) is 0 Å². The highest BCUT2D eigenvalue weighted by Crippen LogP contribution is 2.27. The Morgan fingerprint density at radius 1 is 1.30 bits per heavy atom. The van der Waals surface area contributed by atoms with Crippen molar-refractivity contribution in [3.8, 4) is 0 Å². The van der Waals surface area contributed by atoms with Gasteiger partial charge in [-0.15, -0.1) is 0 Å². The second kappa shape index (κ2) is 6.37. The second-order valence-corrected chi connectivity index (χ2v) is 5.96. The van der Waals surface area contributed by atoms with Crippen LogP contribution in [0.4, 0.5) is 11.8 Å². The lowest BCUT2D eigenvalue weighted by Crippen LogP contribution is -2.30. The van der Waals surface area contributed by atoms with E-state index in [1.807, 2.05) is 0 Å². The van der Waals surface area contributed by atoms with Crippen LogP contribution in [0.2, 0.25) is 0 Å². The van der Waals surface area contributed by atoms with Gasteiger partial charge in [-0.2, -0.15) is 4.98 Å². The zero-order chi connectivity index (χ0) is 16.4. The van der Waals surface area contributed by atoms with E-state index >= 15 is 0 Å². The lowest BCUT2D eigenvalue weighted by molar-refractivity contribution is 0.0697. The van der Waals surface area contributed by atoms with Crippen molar-refractivity contribution in [1.29, 1.82) is 0 Å². The lowest BCUT2D eigenvalue weighted by atomic mass is 9.86. The first-order chi connectivity index (χ1) is 11.0. The van der Waals surface area contributed by atoms with Crippen LogP contribution in [0.3, 0.4) is 0 Å². The summed E-state index contributed by atoms with van der Waals surface area (Å²) in [6.07, 6.45) is 3.65. The maximum atomic E-state index is 11.2. The highest BCUT2D eigenvalue weighted by Gasteiger charge is 2.23. The molecule has 23 heavy (non-hydrogen) atoms. The highest BCUT2D eigenvalue weighted by molar-refractivity contribution is 5.97. The molecule has 2 aromatic rings. The quantitative estimate of drug-likeness (QED) is 0.679. The highest BCUT2D eigenvalue weighted by atomic mass is 16.4. The molecule has 0 unspecified atom stereocenters.